The first-order valence-corrected chi connectivity index (χ1v) is 11.2. The van der Waals surface area contributed by atoms with Gasteiger partial charge in [0, 0.05) is 6.20 Å². The van der Waals surface area contributed by atoms with Gasteiger partial charge in [0.1, 0.15) is 25.0 Å². The third-order valence-electron chi connectivity index (χ3n) is 4.30. The van der Waals surface area contributed by atoms with Crippen LogP contribution in [0.25, 0.3) is 6.08 Å². The van der Waals surface area contributed by atoms with Crippen LogP contribution >= 0.6 is 23.2 Å². The molecule has 0 atom stereocenters. The highest BCUT2D eigenvalue weighted by Gasteiger charge is 2.10. The summed E-state index contributed by atoms with van der Waals surface area (Å²) < 4.78 is 10.8. The smallest absolute Gasteiger partial charge is 0.155 e. The van der Waals surface area contributed by atoms with Gasteiger partial charge in [-0.2, -0.15) is 5.26 Å². The van der Waals surface area contributed by atoms with E-state index in [1.165, 1.54) is 11.8 Å². The Morgan fingerprint density at radius 3 is 2.56 bits per heavy atom. The lowest BCUT2D eigenvalue weighted by atomic mass is 10.1. The summed E-state index contributed by atoms with van der Waals surface area (Å²) in [5.74, 6) is 1.60. The molecule has 2 aromatic rings. The molecule has 0 saturated heterocycles. The maximum atomic E-state index is 9.01. The first kappa shape index (κ1) is 27.2. The molecule has 5 nitrogen and oxygen atoms in total. The Morgan fingerprint density at radius 2 is 1.97 bits per heavy atom. The van der Waals surface area contributed by atoms with E-state index in [0.29, 0.717) is 41.1 Å². The fourth-order valence-corrected chi connectivity index (χ4v) is 3.11. The lowest BCUT2D eigenvalue weighted by Gasteiger charge is -2.10. The van der Waals surface area contributed by atoms with Crippen molar-refractivity contribution < 1.29 is 9.47 Å². The number of halogens is 2. The molecular weight excluding hydrogens is 445 g/mol. The maximum Gasteiger partial charge on any atom is 0.155 e. The van der Waals surface area contributed by atoms with Crippen LogP contribution in [-0.2, 0) is 6.42 Å². The van der Waals surface area contributed by atoms with Crippen molar-refractivity contribution in [2.45, 2.75) is 33.6 Å². The Hall–Kier alpha value is -2.81. The molecule has 0 radical (unpaired) electrons. The SMILES string of the molecule is C/C=C\c1cc(OC/C(N)=C/N)ccc1C.CCCc1cc(Cl)c(OCCCl)c(C#N)c1. The Morgan fingerprint density at radius 1 is 1.22 bits per heavy atom. The van der Waals surface area contributed by atoms with Gasteiger partial charge in [0.2, 0.25) is 0 Å². The van der Waals surface area contributed by atoms with Crippen LogP contribution < -0.4 is 20.9 Å². The number of hydrogen-bond acceptors (Lipinski definition) is 5. The van der Waals surface area contributed by atoms with Crippen molar-refractivity contribution in [3.8, 4) is 17.6 Å². The number of ether oxygens (including phenoxy) is 2. The molecule has 32 heavy (non-hydrogen) atoms. The van der Waals surface area contributed by atoms with Gasteiger partial charge < -0.3 is 20.9 Å². The highest BCUT2D eigenvalue weighted by atomic mass is 35.5. The zero-order valence-electron chi connectivity index (χ0n) is 18.8. The molecule has 0 saturated carbocycles. The number of nitrogens with zero attached hydrogens (tertiary/aromatic N) is 1. The van der Waals surface area contributed by atoms with Gasteiger partial charge >= 0.3 is 0 Å². The van der Waals surface area contributed by atoms with Crippen molar-refractivity contribution in [1.29, 1.82) is 5.26 Å². The van der Waals surface area contributed by atoms with E-state index in [2.05, 4.69) is 19.9 Å². The van der Waals surface area contributed by atoms with E-state index >= 15 is 0 Å². The van der Waals surface area contributed by atoms with Crippen LogP contribution in [0.3, 0.4) is 0 Å². The number of hydrogen-bond donors (Lipinski definition) is 2. The molecular formula is C25H31Cl2N3O2. The second kappa shape index (κ2) is 15.1. The number of benzene rings is 2. The molecule has 0 heterocycles. The molecule has 0 fully saturated rings. The maximum absolute atomic E-state index is 9.01. The number of nitrogens with two attached hydrogens (primary N) is 2. The molecule has 7 heteroatoms. The molecule has 2 aromatic carbocycles. The van der Waals surface area contributed by atoms with Crippen molar-refractivity contribution in [3.05, 3.63) is 75.6 Å². The standard InChI is InChI=1S/C13H18N2O.C12H13Cl2NO/c1-3-4-11-7-13(6-5-10(11)2)16-9-12(15)8-14;1-2-3-9-6-10(8-15)12(11(14)7-9)16-5-4-13/h3-8H,9,14-15H2,1-2H3;6-7H,2-5H2,1H3/b4-3-,12-8-;. The topological polar surface area (TPSA) is 94.3 Å². The van der Waals surface area contributed by atoms with Gasteiger partial charge in [-0.05, 0) is 61.2 Å². The molecule has 0 aliphatic carbocycles. The van der Waals surface area contributed by atoms with E-state index in [-0.39, 0.29) is 0 Å². The Kier molecular flexibility index (Phi) is 12.8. The molecule has 0 spiro atoms. The van der Waals surface area contributed by atoms with Gasteiger partial charge in [-0.25, -0.2) is 0 Å². The normalized spacial score (nSPS) is 10.9. The van der Waals surface area contributed by atoms with Gasteiger partial charge in [0.15, 0.2) is 5.75 Å². The molecule has 0 bridgehead atoms. The minimum absolute atomic E-state index is 0.314. The summed E-state index contributed by atoms with van der Waals surface area (Å²) in [7, 11) is 0. The monoisotopic (exact) mass is 475 g/mol. The lowest BCUT2D eigenvalue weighted by molar-refractivity contribution is 0.342. The van der Waals surface area contributed by atoms with Gasteiger partial charge in [-0.3, -0.25) is 0 Å². The molecule has 2 rings (SSSR count). The van der Waals surface area contributed by atoms with E-state index in [4.69, 9.17) is 49.4 Å². The number of nitriles is 1. The fraction of sp³-hybridized carbons (Fsp3) is 0.320. The van der Waals surface area contributed by atoms with Crippen molar-refractivity contribution >= 4 is 29.3 Å². The highest BCUT2D eigenvalue weighted by Crippen LogP contribution is 2.30. The summed E-state index contributed by atoms with van der Waals surface area (Å²) in [5, 5.41) is 9.49. The first-order valence-electron chi connectivity index (χ1n) is 10.3. The zero-order valence-corrected chi connectivity index (χ0v) is 20.3. The minimum Gasteiger partial charge on any atom is -0.489 e. The summed E-state index contributed by atoms with van der Waals surface area (Å²) in [5.41, 5.74) is 15.2. The van der Waals surface area contributed by atoms with Crippen molar-refractivity contribution in [1.82, 2.24) is 0 Å². The Labute approximate surface area is 201 Å². The van der Waals surface area contributed by atoms with Gasteiger partial charge in [0.05, 0.1) is 22.2 Å². The van der Waals surface area contributed by atoms with Gasteiger partial charge in [-0.1, -0.05) is 43.2 Å². The van der Waals surface area contributed by atoms with Crippen LogP contribution in [0.5, 0.6) is 11.5 Å². The largest absolute Gasteiger partial charge is 0.489 e. The lowest BCUT2D eigenvalue weighted by Crippen LogP contribution is -2.10. The number of rotatable bonds is 9. The molecule has 0 unspecified atom stereocenters. The van der Waals surface area contributed by atoms with Gasteiger partial charge in [0.25, 0.3) is 0 Å². The summed E-state index contributed by atoms with van der Waals surface area (Å²) >= 11 is 11.6. The van der Waals surface area contributed by atoms with Crippen LogP contribution in [0.2, 0.25) is 5.02 Å². The predicted octanol–water partition coefficient (Wildman–Crippen LogP) is 5.95. The van der Waals surface area contributed by atoms with Crippen LogP contribution in [-0.4, -0.2) is 19.1 Å². The van der Waals surface area contributed by atoms with E-state index in [1.807, 2.05) is 49.4 Å². The second-order valence-electron chi connectivity index (χ2n) is 6.90. The number of aryl methyl sites for hydroxylation is 2. The van der Waals surface area contributed by atoms with Crippen LogP contribution in [0.4, 0.5) is 0 Å². The number of allylic oxidation sites excluding steroid dienone is 1. The summed E-state index contributed by atoms with van der Waals surface area (Å²) in [6.45, 7) is 6.80. The molecule has 0 amide bonds. The van der Waals surface area contributed by atoms with Crippen molar-refractivity contribution in [2.75, 3.05) is 19.1 Å². The van der Waals surface area contributed by atoms with Crippen molar-refractivity contribution in [2.24, 2.45) is 11.5 Å². The van der Waals surface area contributed by atoms with Gasteiger partial charge in [-0.15, -0.1) is 11.6 Å². The van der Waals surface area contributed by atoms with Crippen LogP contribution in [0.15, 0.2) is 48.3 Å². The first-order chi connectivity index (χ1) is 15.4. The van der Waals surface area contributed by atoms with E-state index in [0.717, 1.165) is 29.7 Å². The molecule has 4 N–H and O–H groups in total. The average molecular weight is 476 g/mol. The quantitative estimate of drug-likeness (QED) is 0.437. The third kappa shape index (κ3) is 9.13. The zero-order chi connectivity index (χ0) is 23.9. The third-order valence-corrected chi connectivity index (χ3v) is 4.74. The highest BCUT2D eigenvalue weighted by molar-refractivity contribution is 6.32. The summed E-state index contributed by atoms with van der Waals surface area (Å²) in [4.78, 5) is 0. The predicted molar refractivity (Wildman–Crippen MR) is 134 cm³/mol. The fourth-order valence-electron chi connectivity index (χ4n) is 2.74. The van der Waals surface area contributed by atoms with E-state index in [1.54, 1.807) is 0 Å². The molecule has 0 aliphatic rings. The molecule has 0 aromatic heterocycles. The number of alkyl halides is 1. The molecule has 172 valence electrons. The summed E-state index contributed by atoms with van der Waals surface area (Å²) in [6.07, 6.45) is 7.32. The van der Waals surface area contributed by atoms with Crippen LogP contribution in [0.1, 0.15) is 42.5 Å². The summed E-state index contributed by atoms with van der Waals surface area (Å²) in [6, 6.07) is 11.7. The average Bonchev–Trinajstić information content (AvgIpc) is 2.79. The van der Waals surface area contributed by atoms with E-state index < -0.39 is 0 Å². The minimum atomic E-state index is 0.314. The Bertz CT molecular complexity index is 966. The van der Waals surface area contributed by atoms with Crippen LogP contribution in [0, 0.1) is 18.3 Å². The van der Waals surface area contributed by atoms with Crippen molar-refractivity contribution in [3.63, 3.8) is 0 Å². The molecule has 0 aliphatic heterocycles. The second-order valence-corrected chi connectivity index (χ2v) is 7.69. The van der Waals surface area contributed by atoms with E-state index in [9.17, 15) is 0 Å². The Balaban J connectivity index is 0.000000320.